The number of carbonyl (C=O) groups excluding carboxylic acids is 2. The molecule has 0 saturated carbocycles. The van der Waals surface area contributed by atoms with E-state index in [0.717, 1.165) is 13.0 Å². The minimum Gasteiger partial charge on any atom is -0.369 e. The molecule has 0 aromatic heterocycles. The summed E-state index contributed by atoms with van der Waals surface area (Å²) in [4.78, 5) is 27.5. The average molecular weight is 256 g/mol. The van der Waals surface area contributed by atoms with Gasteiger partial charge in [-0.2, -0.15) is 0 Å². The maximum absolute atomic E-state index is 12.2. The number of rotatable bonds is 3. The lowest BCUT2D eigenvalue weighted by atomic mass is 10.1. The van der Waals surface area contributed by atoms with Crippen LogP contribution in [0.5, 0.6) is 0 Å². The lowest BCUT2D eigenvalue weighted by Crippen LogP contribution is -2.47. The van der Waals surface area contributed by atoms with E-state index in [1.807, 2.05) is 11.8 Å². The van der Waals surface area contributed by atoms with E-state index in [0.29, 0.717) is 26.1 Å². The zero-order chi connectivity index (χ0) is 13.8. The van der Waals surface area contributed by atoms with Crippen molar-refractivity contribution in [2.24, 2.45) is 0 Å². The van der Waals surface area contributed by atoms with Gasteiger partial charge in [0, 0.05) is 39.7 Å². The number of nitrogens with zero attached hydrogens (tertiary/aromatic N) is 2. The predicted molar refractivity (Wildman–Crippen MR) is 69.2 cm³/mol. The summed E-state index contributed by atoms with van der Waals surface area (Å²) in [6.07, 6.45) is 1.36. The van der Waals surface area contributed by atoms with Gasteiger partial charge in [0.05, 0.1) is 0 Å². The van der Waals surface area contributed by atoms with Crippen LogP contribution >= 0.6 is 0 Å². The highest BCUT2D eigenvalue weighted by Crippen LogP contribution is 2.14. The topological polar surface area (TPSA) is 49.9 Å². The Labute approximate surface area is 109 Å². The number of amides is 2. The Kier molecular flexibility index (Phi) is 5.14. The van der Waals surface area contributed by atoms with Gasteiger partial charge in [-0.15, -0.1) is 0 Å². The molecule has 104 valence electrons. The molecule has 0 aliphatic carbocycles. The van der Waals surface area contributed by atoms with Gasteiger partial charge in [0.2, 0.25) is 5.91 Å². The van der Waals surface area contributed by atoms with E-state index in [2.05, 4.69) is 0 Å². The largest absolute Gasteiger partial charge is 0.369 e. The maximum Gasteiger partial charge on any atom is 0.254 e. The zero-order valence-electron chi connectivity index (χ0n) is 11.9. The first-order valence-corrected chi connectivity index (χ1v) is 6.54. The molecule has 1 aliphatic heterocycles. The van der Waals surface area contributed by atoms with E-state index >= 15 is 0 Å². The minimum atomic E-state index is -0.788. The summed E-state index contributed by atoms with van der Waals surface area (Å²) < 4.78 is 5.22. The van der Waals surface area contributed by atoms with Gasteiger partial charge in [-0.1, -0.05) is 6.92 Å². The molecule has 5 heteroatoms. The highest BCUT2D eigenvalue weighted by molar-refractivity contribution is 5.84. The second-order valence-corrected chi connectivity index (χ2v) is 5.09. The summed E-state index contributed by atoms with van der Waals surface area (Å²) in [7, 11) is 1.54. The van der Waals surface area contributed by atoms with Crippen LogP contribution in [0.4, 0.5) is 0 Å². The molecule has 1 rings (SSSR count). The van der Waals surface area contributed by atoms with Crippen LogP contribution in [0.25, 0.3) is 0 Å². The maximum atomic E-state index is 12.2. The van der Waals surface area contributed by atoms with Crippen molar-refractivity contribution in [3.63, 3.8) is 0 Å². The molecule has 0 radical (unpaired) electrons. The van der Waals surface area contributed by atoms with Gasteiger partial charge in [-0.3, -0.25) is 9.59 Å². The van der Waals surface area contributed by atoms with Gasteiger partial charge in [0.15, 0.2) is 0 Å². The molecular formula is C13H24N2O3. The van der Waals surface area contributed by atoms with E-state index in [1.165, 1.54) is 0 Å². The fourth-order valence-corrected chi connectivity index (χ4v) is 2.06. The Balaban J connectivity index is 2.62. The van der Waals surface area contributed by atoms with Gasteiger partial charge in [-0.25, -0.2) is 0 Å². The zero-order valence-corrected chi connectivity index (χ0v) is 11.9. The lowest BCUT2D eigenvalue weighted by molar-refractivity contribution is -0.151. The van der Waals surface area contributed by atoms with E-state index in [4.69, 9.17) is 4.74 Å². The summed E-state index contributed by atoms with van der Waals surface area (Å²) in [5.74, 6) is 0.158. The number of hydrogen-bond acceptors (Lipinski definition) is 3. The molecule has 1 aliphatic rings. The van der Waals surface area contributed by atoms with Crippen LogP contribution in [0, 0.1) is 0 Å². The summed E-state index contributed by atoms with van der Waals surface area (Å²) in [6, 6.07) is 0. The number of methoxy groups -OCH3 is 1. The van der Waals surface area contributed by atoms with Crippen molar-refractivity contribution in [2.75, 3.05) is 33.3 Å². The Morgan fingerprint density at radius 2 is 1.67 bits per heavy atom. The molecule has 1 fully saturated rings. The average Bonchev–Trinajstić information content (AvgIpc) is 2.62. The summed E-state index contributed by atoms with van der Waals surface area (Å²) >= 11 is 0. The molecule has 2 amide bonds. The first-order valence-electron chi connectivity index (χ1n) is 6.54. The Morgan fingerprint density at radius 3 is 2.22 bits per heavy atom. The molecule has 18 heavy (non-hydrogen) atoms. The standard InChI is InChI=1S/C13H24N2O3/c1-5-11(16)14-7-6-8-15(10-9-14)12(17)13(2,3)18-4/h5-10H2,1-4H3. The third-order valence-corrected chi connectivity index (χ3v) is 3.46. The fraction of sp³-hybridized carbons (Fsp3) is 0.846. The molecule has 0 aromatic carbocycles. The van der Waals surface area contributed by atoms with Crippen molar-refractivity contribution in [1.29, 1.82) is 0 Å². The van der Waals surface area contributed by atoms with E-state index < -0.39 is 5.60 Å². The first-order chi connectivity index (χ1) is 8.42. The predicted octanol–water partition coefficient (Wildman–Crippen LogP) is 0.882. The van der Waals surface area contributed by atoms with E-state index in [1.54, 1.807) is 25.9 Å². The van der Waals surface area contributed by atoms with E-state index in [9.17, 15) is 9.59 Å². The van der Waals surface area contributed by atoms with Gasteiger partial charge in [0.25, 0.3) is 5.91 Å². The molecule has 0 atom stereocenters. The Hall–Kier alpha value is -1.10. The third-order valence-electron chi connectivity index (χ3n) is 3.46. The summed E-state index contributed by atoms with van der Waals surface area (Å²) in [6.45, 7) is 8.06. The fourth-order valence-electron chi connectivity index (χ4n) is 2.06. The molecule has 0 N–H and O–H groups in total. The van der Waals surface area contributed by atoms with Crippen molar-refractivity contribution >= 4 is 11.8 Å². The molecule has 0 spiro atoms. The van der Waals surface area contributed by atoms with Crippen molar-refractivity contribution in [1.82, 2.24) is 9.80 Å². The molecular weight excluding hydrogens is 232 g/mol. The van der Waals surface area contributed by atoms with Crippen LogP contribution in [-0.2, 0) is 14.3 Å². The minimum absolute atomic E-state index is 0.00389. The van der Waals surface area contributed by atoms with Crippen molar-refractivity contribution in [3.8, 4) is 0 Å². The summed E-state index contributed by atoms with van der Waals surface area (Å²) in [5, 5.41) is 0. The molecule has 1 saturated heterocycles. The first kappa shape index (κ1) is 15.0. The second kappa shape index (κ2) is 6.18. The van der Waals surface area contributed by atoms with E-state index in [-0.39, 0.29) is 11.8 Å². The monoisotopic (exact) mass is 256 g/mol. The van der Waals surface area contributed by atoms with Crippen LogP contribution < -0.4 is 0 Å². The number of carbonyl (C=O) groups is 2. The van der Waals surface area contributed by atoms with Crippen molar-refractivity contribution < 1.29 is 14.3 Å². The molecule has 5 nitrogen and oxygen atoms in total. The van der Waals surface area contributed by atoms with Crippen molar-refractivity contribution in [2.45, 2.75) is 39.2 Å². The van der Waals surface area contributed by atoms with Crippen LogP contribution in [0.15, 0.2) is 0 Å². The number of ether oxygens (including phenoxy) is 1. The summed E-state index contributed by atoms with van der Waals surface area (Å²) in [5.41, 5.74) is -0.788. The molecule has 0 unspecified atom stereocenters. The van der Waals surface area contributed by atoms with Gasteiger partial charge >= 0.3 is 0 Å². The lowest BCUT2D eigenvalue weighted by Gasteiger charge is -2.30. The van der Waals surface area contributed by atoms with Crippen LogP contribution in [0.2, 0.25) is 0 Å². The van der Waals surface area contributed by atoms with Crippen LogP contribution in [0.1, 0.15) is 33.6 Å². The Bertz CT molecular complexity index is 315. The van der Waals surface area contributed by atoms with Gasteiger partial charge in [0.1, 0.15) is 5.60 Å². The molecule has 1 heterocycles. The normalized spacial score (nSPS) is 17.6. The quantitative estimate of drug-likeness (QED) is 0.753. The van der Waals surface area contributed by atoms with Crippen molar-refractivity contribution in [3.05, 3.63) is 0 Å². The SMILES string of the molecule is CCC(=O)N1CCCN(C(=O)C(C)(C)OC)CC1. The third kappa shape index (κ3) is 3.45. The number of hydrogen-bond donors (Lipinski definition) is 0. The van der Waals surface area contributed by atoms with Crippen LogP contribution in [0.3, 0.4) is 0 Å². The van der Waals surface area contributed by atoms with Crippen LogP contribution in [-0.4, -0.2) is 60.5 Å². The highest BCUT2D eigenvalue weighted by atomic mass is 16.5. The van der Waals surface area contributed by atoms with Gasteiger partial charge in [-0.05, 0) is 20.3 Å². The molecule has 0 aromatic rings. The molecule has 0 bridgehead atoms. The second-order valence-electron chi connectivity index (χ2n) is 5.09. The smallest absolute Gasteiger partial charge is 0.254 e. The Morgan fingerprint density at radius 1 is 1.11 bits per heavy atom. The highest BCUT2D eigenvalue weighted by Gasteiger charge is 2.32. The van der Waals surface area contributed by atoms with Gasteiger partial charge < -0.3 is 14.5 Å².